The fourth-order valence-corrected chi connectivity index (χ4v) is 2.71. The molecule has 1 N–H and O–H groups in total. The van der Waals surface area contributed by atoms with Crippen LogP contribution < -0.4 is 0 Å². The third kappa shape index (κ3) is 3.34. The van der Waals surface area contributed by atoms with Crippen LogP contribution in [0.4, 0.5) is 0 Å². The molecule has 1 saturated carbocycles. The summed E-state index contributed by atoms with van der Waals surface area (Å²) in [5.41, 5.74) is -0.494. The molecule has 1 aromatic heterocycles. The summed E-state index contributed by atoms with van der Waals surface area (Å²) in [4.78, 5) is 14.7. The second-order valence-corrected chi connectivity index (χ2v) is 5.30. The van der Waals surface area contributed by atoms with Gasteiger partial charge in [-0.05, 0) is 25.2 Å². The summed E-state index contributed by atoms with van der Waals surface area (Å²) in [5.74, 6) is 0.324. The topological polar surface area (TPSA) is 94.7 Å². The van der Waals surface area contributed by atoms with Crippen LogP contribution in [0.5, 0.6) is 0 Å². The van der Waals surface area contributed by atoms with Crippen LogP contribution >= 0.6 is 0 Å². The average Bonchev–Trinajstić information content (AvgIpc) is 2.87. The molecule has 112 valence electrons. The zero-order valence-electron chi connectivity index (χ0n) is 11.8. The Kier molecular flexibility index (Phi) is 4.72. The number of carboxylic acids is 1. The van der Waals surface area contributed by atoms with Crippen LogP contribution in [0.2, 0.25) is 0 Å². The molecule has 0 aromatic carbocycles. The maximum atomic E-state index is 10.4. The number of carboxylic acid groups (broad SMARTS) is 1. The van der Waals surface area contributed by atoms with Crippen LogP contribution in [-0.2, 0) is 26.5 Å². The van der Waals surface area contributed by atoms with E-state index in [-0.39, 0.29) is 19.1 Å². The Bertz CT molecular complexity index is 461. The fourth-order valence-electron chi connectivity index (χ4n) is 2.71. The van der Waals surface area contributed by atoms with Gasteiger partial charge in [0.2, 0.25) is 5.82 Å². The second-order valence-electron chi connectivity index (χ2n) is 5.30. The molecule has 1 aliphatic rings. The molecule has 2 atom stereocenters. The van der Waals surface area contributed by atoms with Crippen molar-refractivity contribution in [3.8, 4) is 0 Å². The lowest BCUT2D eigenvalue weighted by Crippen LogP contribution is -2.35. The molecule has 1 fully saturated rings. The van der Waals surface area contributed by atoms with Crippen LogP contribution in [0.25, 0.3) is 0 Å². The number of hydrogen-bond donors (Lipinski definition) is 1. The predicted molar refractivity (Wildman–Crippen MR) is 67.9 cm³/mol. The van der Waals surface area contributed by atoms with Gasteiger partial charge in [0, 0.05) is 7.11 Å². The van der Waals surface area contributed by atoms with Crippen molar-refractivity contribution in [2.45, 2.75) is 44.8 Å². The highest BCUT2D eigenvalue weighted by atomic mass is 16.5. The number of nitrogens with zero attached hydrogens (tertiary/aromatic N) is 2. The number of methoxy groups -OCH3 is 1. The number of carbonyl (C=O) groups is 1. The third-order valence-corrected chi connectivity index (χ3v) is 3.67. The van der Waals surface area contributed by atoms with Crippen LogP contribution in [0.3, 0.4) is 0 Å². The molecule has 1 aliphatic carbocycles. The maximum Gasteiger partial charge on any atom is 0.329 e. The zero-order chi connectivity index (χ0) is 14.6. The van der Waals surface area contributed by atoms with Crippen molar-refractivity contribution in [2.75, 3.05) is 13.7 Å². The number of hydrogen-bond acceptors (Lipinski definition) is 6. The summed E-state index contributed by atoms with van der Waals surface area (Å²) in [5, 5.41) is 12.5. The molecule has 2 unspecified atom stereocenters. The average molecular weight is 284 g/mol. The first-order valence-electron chi connectivity index (χ1n) is 6.73. The van der Waals surface area contributed by atoms with Gasteiger partial charge in [-0.25, -0.2) is 4.79 Å². The van der Waals surface area contributed by atoms with Crippen LogP contribution in [0.1, 0.15) is 44.3 Å². The first-order chi connectivity index (χ1) is 9.55. The van der Waals surface area contributed by atoms with Crippen LogP contribution in [0.15, 0.2) is 4.52 Å². The largest absolute Gasteiger partial charge is 0.480 e. The molecule has 0 saturated heterocycles. The maximum absolute atomic E-state index is 10.4. The van der Waals surface area contributed by atoms with E-state index < -0.39 is 11.6 Å². The number of rotatable bonds is 6. The molecule has 20 heavy (non-hydrogen) atoms. The molecule has 2 rings (SSSR count). The molecule has 0 radical (unpaired) electrons. The van der Waals surface area contributed by atoms with Crippen molar-refractivity contribution in [1.29, 1.82) is 0 Å². The quantitative estimate of drug-likeness (QED) is 0.849. The Balaban J connectivity index is 2.04. The molecule has 0 aliphatic heterocycles. The zero-order valence-corrected chi connectivity index (χ0v) is 11.8. The lowest BCUT2D eigenvalue weighted by Gasteiger charge is -2.36. The number of aromatic nitrogens is 2. The van der Waals surface area contributed by atoms with Crippen molar-refractivity contribution in [3.63, 3.8) is 0 Å². The predicted octanol–water partition coefficient (Wildman–Crippen LogP) is 1.72. The summed E-state index contributed by atoms with van der Waals surface area (Å²) < 4.78 is 15.7. The highest BCUT2D eigenvalue weighted by molar-refractivity contribution is 5.67. The normalized spacial score (nSPS) is 26.6. The lowest BCUT2D eigenvalue weighted by atomic mass is 9.78. The van der Waals surface area contributed by atoms with E-state index in [4.69, 9.17) is 19.1 Å². The van der Waals surface area contributed by atoms with E-state index in [0.29, 0.717) is 11.7 Å². The van der Waals surface area contributed by atoms with Crippen LogP contribution in [-0.4, -0.2) is 34.9 Å². The minimum Gasteiger partial charge on any atom is -0.480 e. The Morgan fingerprint density at radius 3 is 3.05 bits per heavy atom. The van der Waals surface area contributed by atoms with E-state index in [1.54, 1.807) is 7.11 Å². The molecule has 0 bridgehead atoms. The van der Waals surface area contributed by atoms with Gasteiger partial charge in [-0.3, -0.25) is 0 Å². The van der Waals surface area contributed by atoms with Gasteiger partial charge in [-0.2, -0.15) is 4.98 Å². The molecule has 1 aromatic rings. The van der Waals surface area contributed by atoms with E-state index in [2.05, 4.69) is 17.1 Å². The standard InChI is InChI=1S/C13H20N2O5/c1-9-4-3-5-13(6-9,18-2)12-14-10(20-15-12)7-19-8-11(16)17/h9H,3-8H2,1-2H3,(H,16,17). The Hall–Kier alpha value is -1.47. The Labute approximate surface area is 117 Å². The van der Waals surface area contributed by atoms with Gasteiger partial charge >= 0.3 is 5.97 Å². The van der Waals surface area contributed by atoms with Gasteiger partial charge in [-0.15, -0.1) is 0 Å². The fraction of sp³-hybridized carbons (Fsp3) is 0.769. The van der Waals surface area contributed by atoms with E-state index >= 15 is 0 Å². The van der Waals surface area contributed by atoms with Crippen molar-refractivity contribution < 1.29 is 23.9 Å². The van der Waals surface area contributed by atoms with E-state index in [0.717, 1.165) is 19.3 Å². The third-order valence-electron chi connectivity index (χ3n) is 3.67. The van der Waals surface area contributed by atoms with Gasteiger partial charge in [0.15, 0.2) is 0 Å². The van der Waals surface area contributed by atoms with Gasteiger partial charge in [0.1, 0.15) is 18.8 Å². The van der Waals surface area contributed by atoms with Gasteiger partial charge in [0.25, 0.3) is 5.89 Å². The highest BCUT2D eigenvalue weighted by Crippen LogP contribution is 2.41. The summed E-state index contributed by atoms with van der Waals surface area (Å²) in [7, 11) is 1.66. The monoisotopic (exact) mass is 284 g/mol. The molecular formula is C13H20N2O5. The summed E-state index contributed by atoms with van der Waals surface area (Å²) >= 11 is 0. The van der Waals surface area contributed by atoms with E-state index in [1.165, 1.54) is 6.42 Å². The second kappa shape index (κ2) is 6.32. The van der Waals surface area contributed by atoms with Gasteiger partial charge in [-0.1, -0.05) is 18.5 Å². The Morgan fingerprint density at radius 2 is 2.40 bits per heavy atom. The minimum absolute atomic E-state index is 0.00531. The lowest BCUT2D eigenvalue weighted by molar-refractivity contribution is -0.142. The molecule has 0 amide bonds. The molecule has 7 heteroatoms. The van der Waals surface area contributed by atoms with Crippen molar-refractivity contribution in [1.82, 2.24) is 10.1 Å². The molecular weight excluding hydrogens is 264 g/mol. The van der Waals surface area contributed by atoms with Crippen molar-refractivity contribution in [2.24, 2.45) is 5.92 Å². The Morgan fingerprint density at radius 1 is 1.60 bits per heavy atom. The van der Waals surface area contributed by atoms with Crippen molar-refractivity contribution >= 4 is 5.97 Å². The number of ether oxygens (including phenoxy) is 2. The minimum atomic E-state index is -1.03. The van der Waals surface area contributed by atoms with Gasteiger partial charge in [0.05, 0.1) is 0 Å². The SMILES string of the molecule is COC1(c2noc(COCC(=O)O)n2)CCCC(C)C1. The first kappa shape index (κ1) is 14.9. The molecule has 7 nitrogen and oxygen atoms in total. The molecule has 1 heterocycles. The summed E-state index contributed by atoms with van der Waals surface area (Å²) in [6, 6.07) is 0. The summed E-state index contributed by atoms with van der Waals surface area (Å²) in [6.45, 7) is 1.79. The van der Waals surface area contributed by atoms with Gasteiger partial charge < -0.3 is 19.1 Å². The molecule has 0 spiro atoms. The first-order valence-corrected chi connectivity index (χ1v) is 6.73. The number of aliphatic carboxylic acids is 1. The smallest absolute Gasteiger partial charge is 0.329 e. The highest BCUT2D eigenvalue weighted by Gasteiger charge is 2.40. The van der Waals surface area contributed by atoms with Crippen LogP contribution in [0, 0.1) is 5.92 Å². The summed E-state index contributed by atoms with van der Waals surface area (Å²) in [6.07, 6.45) is 3.97. The van der Waals surface area contributed by atoms with E-state index in [1.807, 2.05) is 0 Å². The van der Waals surface area contributed by atoms with E-state index in [9.17, 15) is 4.79 Å². The van der Waals surface area contributed by atoms with Crippen molar-refractivity contribution in [3.05, 3.63) is 11.7 Å².